The van der Waals surface area contributed by atoms with Crippen molar-refractivity contribution in [3.8, 4) is 5.88 Å². The van der Waals surface area contributed by atoms with Gasteiger partial charge in [-0.05, 0) is 25.8 Å². The molecule has 7 heteroatoms. The molecule has 0 unspecified atom stereocenters. The highest BCUT2D eigenvalue weighted by Crippen LogP contribution is 2.26. The van der Waals surface area contributed by atoms with Crippen molar-refractivity contribution in [1.29, 1.82) is 0 Å². The molecule has 0 saturated carbocycles. The summed E-state index contributed by atoms with van der Waals surface area (Å²) in [7, 11) is 1.64. The van der Waals surface area contributed by atoms with E-state index in [1.54, 1.807) is 13.3 Å². The molecule has 138 valence electrons. The third kappa shape index (κ3) is 3.07. The van der Waals surface area contributed by atoms with Crippen LogP contribution in [0.4, 0.5) is 0 Å². The van der Waals surface area contributed by atoms with Gasteiger partial charge >= 0.3 is 0 Å². The number of H-pyrrole nitrogens is 1. The van der Waals surface area contributed by atoms with E-state index in [0.29, 0.717) is 24.2 Å². The van der Waals surface area contributed by atoms with Crippen LogP contribution in [0, 0.1) is 0 Å². The molecule has 2 aromatic heterocycles. The van der Waals surface area contributed by atoms with E-state index in [4.69, 9.17) is 4.74 Å². The summed E-state index contributed by atoms with van der Waals surface area (Å²) in [6.07, 6.45) is 4.76. The van der Waals surface area contributed by atoms with Crippen LogP contribution in [0.3, 0.4) is 0 Å². The highest BCUT2D eigenvalue weighted by Gasteiger charge is 2.32. The monoisotopic (exact) mass is 355 g/mol. The predicted octanol–water partition coefficient (Wildman–Crippen LogP) is 2.00. The van der Waals surface area contributed by atoms with Crippen LogP contribution in [-0.4, -0.2) is 57.1 Å². The number of nitrogens with one attached hydrogen (secondary N) is 1. The van der Waals surface area contributed by atoms with Crippen LogP contribution in [0.15, 0.2) is 18.3 Å². The van der Waals surface area contributed by atoms with Crippen LogP contribution < -0.4 is 4.74 Å². The van der Waals surface area contributed by atoms with Gasteiger partial charge in [0.05, 0.1) is 7.11 Å². The number of amides is 1. The van der Waals surface area contributed by atoms with Gasteiger partial charge in [-0.15, -0.1) is 0 Å². The van der Waals surface area contributed by atoms with Gasteiger partial charge in [0.25, 0.3) is 5.91 Å². The molecule has 1 saturated heterocycles. The lowest BCUT2D eigenvalue weighted by atomic mass is 10.0. The molecule has 2 aliphatic rings. The SMILES string of the molecule is COc1ncccc1CN1CCc2[nH]nc(C(=O)N3CCC[C@@H]3C)c2C1. The van der Waals surface area contributed by atoms with Crippen LogP contribution in [0.25, 0.3) is 0 Å². The summed E-state index contributed by atoms with van der Waals surface area (Å²) < 4.78 is 5.37. The Morgan fingerprint density at radius 2 is 2.31 bits per heavy atom. The summed E-state index contributed by atoms with van der Waals surface area (Å²) in [6.45, 7) is 5.33. The zero-order chi connectivity index (χ0) is 18.1. The number of aromatic amines is 1. The lowest BCUT2D eigenvalue weighted by Crippen LogP contribution is -2.36. The van der Waals surface area contributed by atoms with Crippen molar-refractivity contribution in [2.24, 2.45) is 0 Å². The highest BCUT2D eigenvalue weighted by molar-refractivity contribution is 5.94. The first kappa shape index (κ1) is 17.0. The molecule has 1 atom stereocenters. The molecule has 7 nitrogen and oxygen atoms in total. The Hall–Kier alpha value is -2.41. The van der Waals surface area contributed by atoms with E-state index in [0.717, 1.165) is 55.7 Å². The van der Waals surface area contributed by atoms with Crippen LogP contribution >= 0.6 is 0 Å². The molecule has 4 heterocycles. The van der Waals surface area contributed by atoms with E-state index in [1.807, 2.05) is 17.0 Å². The fourth-order valence-electron chi connectivity index (χ4n) is 4.00. The molecule has 4 rings (SSSR count). The number of ether oxygens (including phenoxy) is 1. The second kappa shape index (κ2) is 7.07. The van der Waals surface area contributed by atoms with Gasteiger partial charge in [0.15, 0.2) is 5.69 Å². The Morgan fingerprint density at radius 3 is 3.08 bits per heavy atom. The van der Waals surface area contributed by atoms with Gasteiger partial charge in [-0.1, -0.05) is 6.07 Å². The standard InChI is InChI=1S/C19H25N5O2/c1-13-5-4-9-24(13)19(25)17-15-12-23(10-7-16(15)21-22-17)11-14-6-3-8-20-18(14)26-2/h3,6,8,13H,4-5,7,9-12H2,1-2H3,(H,21,22)/t13-/m0/s1. The summed E-state index contributed by atoms with van der Waals surface area (Å²) in [4.78, 5) is 21.5. The van der Waals surface area contributed by atoms with Crippen molar-refractivity contribution < 1.29 is 9.53 Å². The number of aromatic nitrogens is 3. The average molecular weight is 355 g/mol. The zero-order valence-electron chi connectivity index (χ0n) is 15.4. The summed E-state index contributed by atoms with van der Waals surface area (Å²) in [5.41, 5.74) is 3.79. The molecule has 0 radical (unpaired) electrons. The van der Waals surface area contributed by atoms with E-state index in [2.05, 4.69) is 27.0 Å². The molecule has 2 aliphatic heterocycles. The third-order valence-corrected chi connectivity index (χ3v) is 5.47. The second-order valence-electron chi connectivity index (χ2n) is 7.15. The third-order valence-electron chi connectivity index (χ3n) is 5.47. The minimum atomic E-state index is 0.0632. The smallest absolute Gasteiger partial charge is 0.274 e. The van der Waals surface area contributed by atoms with Gasteiger partial charge in [0.1, 0.15) is 0 Å². The fraction of sp³-hybridized carbons (Fsp3) is 0.526. The fourth-order valence-corrected chi connectivity index (χ4v) is 4.00. The summed E-state index contributed by atoms with van der Waals surface area (Å²) in [6, 6.07) is 4.26. The number of rotatable bonds is 4. The van der Waals surface area contributed by atoms with E-state index >= 15 is 0 Å². The van der Waals surface area contributed by atoms with Gasteiger partial charge < -0.3 is 9.64 Å². The number of likely N-dealkylation sites (tertiary alicyclic amines) is 1. The number of methoxy groups -OCH3 is 1. The Labute approximate surface area is 153 Å². The van der Waals surface area contributed by atoms with Crippen molar-refractivity contribution in [1.82, 2.24) is 25.0 Å². The lowest BCUT2D eigenvalue weighted by Gasteiger charge is -2.28. The summed E-state index contributed by atoms with van der Waals surface area (Å²) >= 11 is 0. The van der Waals surface area contributed by atoms with Crippen molar-refractivity contribution in [2.75, 3.05) is 20.2 Å². The number of fused-ring (bicyclic) bond motifs is 1. The van der Waals surface area contributed by atoms with E-state index < -0.39 is 0 Å². The lowest BCUT2D eigenvalue weighted by molar-refractivity contribution is 0.0738. The molecular formula is C19H25N5O2. The number of nitrogens with zero attached hydrogens (tertiary/aromatic N) is 4. The van der Waals surface area contributed by atoms with Gasteiger partial charge in [-0.25, -0.2) is 4.98 Å². The Morgan fingerprint density at radius 1 is 1.42 bits per heavy atom. The minimum absolute atomic E-state index is 0.0632. The molecular weight excluding hydrogens is 330 g/mol. The molecule has 2 aromatic rings. The molecule has 1 amide bonds. The molecule has 0 bridgehead atoms. The molecule has 0 aliphatic carbocycles. The molecule has 1 N–H and O–H groups in total. The van der Waals surface area contributed by atoms with E-state index in [-0.39, 0.29) is 5.91 Å². The topological polar surface area (TPSA) is 74.3 Å². The first-order valence-corrected chi connectivity index (χ1v) is 9.24. The normalized spacial score (nSPS) is 20.2. The average Bonchev–Trinajstić information content (AvgIpc) is 3.27. The van der Waals surface area contributed by atoms with Crippen LogP contribution in [0.5, 0.6) is 5.88 Å². The van der Waals surface area contributed by atoms with Crippen molar-refractivity contribution in [3.63, 3.8) is 0 Å². The number of carbonyl (C=O) groups is 1. The van der Waals surface area contributed by atoms with E-state index in [9.17, 15) is 4.79 Å². The first-order chi connectivity index (χ1) is 12.7. The molecule has 1 fully saturated rings. The predicted molar refractivity (Wildman–Crippen MR) is 96.9 cm³/mol. The van der Waals surface area contributed by atoms with Crippen molar-refractivity contribution >= 4 is 5.91 Å². The second-order valence-corrected chi connectivity index (χ2v) is 7.15. The van der Waals surface area contributed by atoms with Gasteiger partial charge in [0.2, 0.25) is 5.88 Å². The Balaban J connectivity index is 1.53. The maximum Gasteiger partial charge on any atom is 0.274 e. The van der Waals surface area contributed by atoms with Gasteiger partial charge in [0, 0.05) is 61.7 Å². The number of hydrogen-bond acceptors (Lipinski definition) is 5. The largest absolute Gasteiger partial charge is 0.481 e. The van der Waals surface area contributed by atoms with Crippen LogP contribution in [-0.2, 0) is 19.5 Å². The van der Waals surface area contributed by atoms with Gasteiger partial charge in [-0.2, -0.15) is 5.10 Å². The summed E-state index contributed by atoms with van der Waals surface area (Å²) in [5, 5.41) is 7.46. The quantitative estimate of drug-likeness (QED) is 0.908. The van der Waals surface area contributed by atoms with Crippen molar-refractivity contribution in [2.45, 2.75) is 45.3 Å². The van der Waals surface area contributed by atoms with Gasteiger partial charge in [-0.3, -0.25) is 14.8 Å². The molecule has 0 spiro atoms. The number of pyridine rings is 1. The maximum absolute atomic E-state index is 13.0. The number of carbonyl (C=O) groups excluding carboxylic acids is 1. The minimum Gasteiger partial charge on any atom is -0.481 e. The molecule has 0 aromatic carbocycles. The number of hydrogen-bond donors (Lipinski definition) is 1. The molecule has 26 heavy (non-hydrogen) atoms. The van der Waals surface area contributed by atoms with Crippen LogP contribution in [0.1, 0.15) is 47.1 Å². The maximum atomic E-state index is 13.0. The van der Waals surface area contributed by atoms with E-state index in [1.165, 1.54) is 0 Å². The highest BCUT2D eigenvalue weighted by atomic mass is 16.5. The Kier molecular flexibility index (Phi) is 4.63. The first-order valence-electron chi connectivity index (χ1n) is 9.24. The summed E-state index contributed by atoms with van der Waals surface area (Å²) in [5.74, 6) is 0.723. The Bertz CT molecular complexity index is 803. The zero-order valence-corrected chi connectivity index (χ0v) is 15.4. The van der Waals surface area contributed by atoms with Crippen molar-refractivity contribution in [3.05, 3.63) is 40.8 Å². The van der Waals surface area contributed by atoms with Crippen LogP contribution in [0.2, 0.25) is 0 Å².